The molecule has 30 heavy (non-hydrogen) atoms. The Bertz CT molecular complexity index is 845. The maximum absolute atomic E-state index is 12.4. The molecule has 2 heterocycles. The van der Waals surface area contributed by atoms with Gasteiger partial charge in [0.2, 0.25) is 11.8 Å². The predicted molar refractivity (Wildman–Crippen MR) is 104 cm³/mol. The second kappa shape index (κ2) is 8.73. The van der Waals surface area contributed by atoms with Crippen LogP contribution in [0.1, 0.15) is 32.1 Å². The molecule has 0 aromatic heterocycles. The van der Waals surface area contributed by atoms with Gasteiger partial charge in [-0.2, -0.15) is 0 Å². The van der Waals surface area contributed by atoms with Gasteiger partial charge in [-0.05, 0) is 25.0 Å². The van der Waals surface area contributed by atoms with Crippen molar-refractivity contribution in [1.29, 1.82) is 0 Å². The van der Waals surface area contributed by atoms with E-state index >= 15 is 0 Å². The first-order chi connectivity index (χ1) is 14.5. The number of benzene rings is 1. The number of ether oxygens (including phenoxy) is 3. The average Bonchev–Trinajstić information content (AvgIpc) is 3.01. The van der Waals surface area contributed by atoms with E-state index in [1.54, 1.807) is 18.2 Å². The molecule has 1 N–H and O–H groups in total. The molecule has 0 spiro atoms. The van der Waals surface area contributed by atoms with Crippen LogP contribution < -0.4 is 14.8 Å². The van der Waals surface area contributed by atoms with Crippen molar-refractivity contribution in [3.63, 3.8) is 0 Å². The summed E-state index contributed by atoms with van der Waals surface area (Å²) in [7, 11) is 0. The fraction of sp³-hybridized carbons (Fsp3) is 0.524. The Morgan fingerprint density at radius 3 is 2.40 bits per heavy atom. The molecule has 2 atom stereocenters. The topological polar surface area (TPSA) is 111 Å². The first-order valence-corrected chi connectivity index (χ1v) is 10.2. The molecule has 4 rings (SSSR count). The third kappa shape index (κ3) is 4.24. The quantitative estimate of drug-likeness (QED) is 0.553. The molecular formula is C21H24N2O7. The second-order valence-corrected chi connectivity index (χ2v) is 7.64. The van der Waals surface area contributed by atoms with Crippen LogP contribution in [-0.4, -0.2) is 55.0 Å². The third-order valence-corrected chi connectivity index (χ3v) is 5.66. The van der Waals surface area contributed by atoms with Gasteiger partial charge in [0.25, 0.3) is 5.91 Å². The molecule has 2 fully saturated rings. The Labute approximate surface area is 173 Å². The van der Waals surface area contributed by atoms with Gasteiger partial charge in [0, 0.05) is 18.3 Å². The van der Waals surface area contributed by atoms with Crippen molar-refractivity contribution in [2.24, 2.45) is 11.8 Å². The number of nitrogens with one attached hydrogen (secondary N) is 1. The molecule has 9 heteroatoms. The molecule has 1 aromatic carbocycles. The lowest BCUT2D eigenvalue weighted by Crippen LogP contribution is -2.33. The second-order valence-electron chi connectivity index (χ2n) is 7.64. The van der Waals surface area contributed by atoms with Crippen molar-refractivity contribution in [2.75, 3.05) is 31.7 Å². The first kappa shape index (κ1) is 20.2. The number of carbonyl (C=O) groups is 4. The molecule has 0 unspecified atom stereocenters. The summed E-state index contributed by atoms with van der Waals surface area (Å²) in [6.45, 7) is 0.448. The number of anilines is 1. The summed E-state index contributed by atoms with van der Waals surface area (Å²) in [5.74, 6) is -0.837. The van der Waals surface area contributed by atoms with Crippen LogP contribution in [0.5, 0.6) is 11.5 Å². The van der Waals surface area contributed by atoms with Gasteiger partial charge in [-0.15, -0.1) is 0 Å². The summed E-state index contributed by atoms with van der Waals surface area (Å²) < 4.78 is 15.9. The van der Waals surface area contributed by atoms with E-state index < -0.39 is 18.5 Å². The zero-order valence-corrected chi connectivity index (χ0v) is 16.6. The number of esters is 1. The highest BCUT2D eigenvalue weighted by molar-refractivity contribution is 6.05. The average molecular weight is 416 g/mol. The standard InChI is InChI=1S/C21H24N2O7/c24-18(22-13-5-6-16-17(11-13)29-10-9-28-16)12-30-19(25)7-8-23-20(26)14-3-1-2-4-15(14)21(23)27/h5-6,11,14-15H,1-4,7-10,12H2,(H,22,24)/t14-,15-/m1/s1. The van der Waals surface area contributed by atoms with E-state index in [1.165, 1.54) is 4.90 Å². The lowest BCUT2D eigenvalue weighted by atomic mass is 9.81. The van der Waals surface area contributed by atoms with Crippen molar-refractivity contribution < 1.29 is 33.4 Å². The number of rotatable bonds is 6. The minimum absolute atomic E-state index is 0.00667. The molecule has 0 radical (unpaired) electrons. The smallest absolute Gasteiger partial charge is 0.308 e. The van der Waals surface area contributed by atoms with Gasteiger partial charge in [0.15, 0.2) is 18.1 Å². The predicted octanol–water partition coefficient (Wildman–Crippen LogP) is 1.50. The Morgan fingerprint density at radius 1 is 1.03 bits per heavy atom. The summed E-state index contributed by atoms with van der Waals surface area (Å²) in [6, 6.07) is 4.99. The number of hydrogen-bond donors (Lipinski definition) is 1. The van der Waals surface area contributed by atoms with Gasteiger partial charge in [-0.1, -0.05) is 12.8 Å². The highest BCUT2D eigenvalue weighted by Gasteiger charge is 2.47. The van der Waals surface area contributed by atoms with E-state index in [0.717, 1.165) is 25.7 Å². The van der Waals surface area contributed by atoms with Gasteiger partial charge in [0.05, 0.1) is 18.3 Å². The van der Waals surface area contributed by atoms with Crippen molar-refractivity contribution in [3.05, 3.63) is 18.2 Å². The van der Waals surface area contributed by atoms with Gasteiger partial charge in [-0.25, -0.2) is 0 Å². The molecule has 1 saturated heterocycles. The lowest BCUT2D eigenvalue weighted by molar-refractivity contribution is -0.148. The van der Waals surface area contributed by atoms with Crippen LogP contribution >= 0.6 is 0 Å². The number of fused-ring (bicyclic) bond motifs is 2. The number of hydrogen-bond acceptors (Lipinski definition) is 7. The zero-order chi connectivity index (χ0) is 21.1. The van der Waals surface area contributed by atoms with Crippen LogP contribution in [0.3, 0.4) is 0 Å². The van der Waals surface area contributed by atoms with E-state index in [1.807, 2.05) is 0 Å². The summed E-state index contributed by atoms with van der Waals surface area (Å²) in [5, 5.41) is 2.62. The van der Waals surface area contributed by atoms with Gasteiger partial charge in [-0.3, -0.25) is 24.1 Å². The first-order valence-electron chi connectivity index (χ1n) is 10.2. The van der Waals surface area contributed by atoms with Crippen LogP contribution in [0.25, 0.3) is 0 Å². The monoisotopic (exact) mass is 416 g/mol. The van der Waals surface area contributed by atoms with Crippen molar-refractivity contribution in [1.82, 2.24) is 4.90 Å². The molecule has 9 nitrogen and oxygen atoms in total. The Kier molecular flexibility index (Phi) is 5.87. The molecular weight excluding hydrogens is 392 g/mol. The van der Waals surface area contributed by atoms with Crippen LogP contribution in [-0.2, 0) is 23.9 Å². The maximum Gasteiger partial charge on any atom is 0.308 e. The summed E-state index contributed by atoms with van der Waals surface area (Å²) >= 11 is 0. The van der Waals surface area contributed by atoms with E-state index in [9.17, 15) is 19.2 Å². The fourth-order valence-corrected chi connectivity index (χ4v) is 4.19. The molecule has 2 aliphatic heterocycles. The third-order valence-electron chi connectivity index (χ3n) is 5.66. The lowest BCUT2D eigenvalue weighted by Gasteiger charge is -2.19. The van der Waals surface area contributed by atoms with Gasteiger partial charge >= 0.3 is 5.97 Å². The Balaban J connectivity index is 1.21. The number of carbonyl (C=O) groups excluding carboxylic acids is 4. The van der Waals surface area contributed by atoms with Crippen molar-refractivity contribution in [2.45, 2.75) is 32.1 Å². The van der Waals surface area contributed by atoms with Gasteiger partial charge in [0.1, 0.15) is 13.2 Å². The van der Waals surface area contributed by atoms with Crippen LogP contribution in [0.15, 0.2) is 18.2 Å². The highest BCUT2D eigenvalue weighted by Crippen LogP contribution is 2.38. The molecule has 3 amide bonds. The number of nitrogens with zero attached hydrogens (tertiary/aromatic N) is 1. The SMILES string of the molecule is O=C(COC(=O)CCN1C(=O)[C@@H]2CCCC[C@H]2C1=O)Nc1ccc2c(c1)OCCO2. The molecule has 3 aliphatic rings. The maximum atomic E-state index is 12.4. The zero-order valence-electron chi connectivity index (χ0n) is 16.6. The van der Waals surface area contributed by atoms with E-state index in [0.29, 0.717) is 30.4 Å². The normalized spacial score (nSPS) is 22.5. The minimum atomic E-state index is -0.636. The number of likely N-dealkylation sites (tertiary alicyclic amines) is 1. The van der Waals surface area contributed by atoms with Gasteiger partial charge < -0.3 is 19.5 Å². The molecule has 1 saturated carbocycles. The molecule has 160 valence electrons. The minimum Gasteiger partial charge on any atom is -0.486 e. The van der Waals surface area contributed by atoms with Crippen LogP contribution in [0, 0.1) is 11.8 Å². The summed E-state index contributed by atoms with van der Waals surface area (Å²) in [5.41, 5.74) is 0.496. The van der Waals surface area contributed by atoms with E-state index in [2.05, 4.69) is 5.32 Å². The summed E-state index contributed by atoms with van der Waals surface area (Å²) in [4.78, 5) is 50.0. The van der Waals surface area contributed by atoms with Crippen LogP contribution in [0.4, 0.5) is 5.69 Å². The van der Waals surface area contributed by atoms with E-state index in [-0.39, 0.29) is 36.6 Å². The molecule has 1 aromatic rings. The van der Waals surface area contributed by atoms with E-state index in [4.69, 9.17) is 14.2 Å². The fourth-order valence-electron chi connectivity index (χ4n) is 4.19. The largest absolute Gasteiger partial charge is 0.486 e. The van der Waals surface area contributed by atoms with Crippen molar-refractivity contribution >= 4 is 29.4 Å². The number of amides is 3. The molecule has 0 bridgehead atoms. The summed E-state index contributed by atoms with van der Waals surface area (Å²) in [6.07, 6.45) is 3.24. The number of imide groups is 1. The Morgan fingerprint density at radius 2 is 1.70 bits per heavy atom. The Hall–Kier alpha value is -3.10. The molecule has 1 aliphatic carbocycles. The highest BCUT2D eigenvalue weighted by atomic mass is 16.6. The van der Waals surface area contributed by atoms with Crippen LogP contribution in [0.2, 0.25) is 0 Å². The van der Waals surface area contributed by atoms with Crippen molar-refractivity contribution in [3.8, 4) is 11.5 Å².